The summed E-state index contributed by atoms with van der Waals surface area (Å²) in [5.41, 5.74) is 3.31. The van der Waals surface area contributed by atoms with Crippen LogP contribution in [0.15, 0.2) is 48.5 Å². The van der Waals surface area contributed by atoms with E-state index in [1.807, 2.05) is 62.9 Å². The third-order valence-electron chi connectivity index (χ3n) is 5.92. The summed E-state index contributed by atoms with van der Waals surface area (Å²) in [5.74, 6) is 1.06. The first-order valence-electron chi connectivity index (χ1n) is 11.4. The van der Waals surface area contributed by atoms with Crippen LogP contribution >= 0.6 is 0 Å². The van der Waals surface area contributed by atoms with Crippen molar-refractivity contribution in [3.8, 4) is 11.5 Å². The summed E-state index contributed by atoms with van der Waals surface area (Å²) in [6.45, 7) is 11.2. The minimum Gasteiger partial charge on any atom is -0.508 e. The van der Waals surface area contributed by atoms with Crippen LogP contribution in [0.1, 0.15) is 62.0 Å². The van der Waals surface area contributed by atoms with Crippen LogP contribution in [0.2, 0.25) is 0 Å². The van der Waals surface area contributed by atoms with E-state index in [0.29, 0.717) is 18.7 Å². The highest BCUT2D eigenvalue weighted by atomic mass is 16.5. The summed E-state index contributed by atoms with van der Waals surface area (Å²) in [7, 11) is 0. The van der Waals surface area contributed by atoms with Gasteiger partial charge in [0.05, 0.1) is 0 Å². The molecular formula is C26H34N2O3. The lowest BCUT2D eigenvalue weighted by molar-refractivity contribution is 0.0772. The first-order valence-corrected chi connectivity index (χ1v) is 11.4. The van der Waals surface area contributed by atoms with Gasteiger partial charge in [0.15, 0.2) is 0 Å². The minimum absolute atomic E-state index is 0.0513. The molecule has 2 heterocycles. The zero-order valence-electron chi connectivity index (χ0n) is 19.1. The van der Waals surface area contributed by atoms with Crippen LogP contribution in [0.25, 0.3) is 5.57 Å². The Morgan fingerprint density at radius 2 is 1.71 bits per heavy atom. The van der Waals surface area contributed by atoms with E-state index in [9.17, 15) is 9.90 Å². The highest BCUT2D eigenvalue weighted by Gasteiger charge is 2.37. The maximum atomic E-state index is 12.6. The van der Waals surface area contributed by atoms with Crippen LogP contribution < -0.4 is 10.1 Å². The number of piperidine rings is 1. The predicted molar refractivity (Wildman–Crippen MR) is 126 cm³/mol. The normalized spacial score (nSPS) is 16.3. The van der Waals surface area contributed by atoms with Gasteiger partial charge < -0.3 is 20.1 Å². The number of nitrogens with one attached hydrogen (secondary N) is 1. The highest BCUT2D eigenvalue weighted by Crippen LogP contribution is 2.43. The van der Waals surface area contributed by atoms with Gasteiger partial charge in [-0.15, -0.1) is 0 Å². The lowest BCUT2D eigenvalue weighted by atomic mass is 9.83. The molecule has 1 spiro atoms. The standard InChI is InChI=1S/C24H28N2O3.C2H6/c1-3-26(4-2)23(28)18-7-5-17(6-8-18)21-16-24(11-13-25-14-12-24)29-22-10-9-19(27)15-20(21)22;1-2/h5-10,15-16,25,27H,3-4,11-14H2,1-2H3;1-2H3. The number of nitrogens with zero attached hydrogens (tertiary/aromatic N) is 1. The summed E-state index contributed by atoms with van der Waals surface area (Å²) in [6.07, 6.45) is 4.00. The molecule has 4 rings (SSSR count). The lowest BCUT2D eigenvalue weighted by Gasteiger charge is -2.40. The molecule has 0 atom stereocenters. The molecule has 0 bridgehead atoms. The van der Waals surface area contributed by atoms with Gasteiger partial charge in [-0.1, -0.05) is 26.0 Å². The molecule has 1 amide bonds. The third-order valence-corrected chi connectivity index (χ3v) is 5.92. The van der Waals surface area contributed by atoms with E-state index >= 15 is 0 Å². The van der Waals surface area contributed by atoms with E-state index < -0.39 is 0 Å². The summed E-state index contributed by atoms with van der Waals surface area (Å²) in [5, 5.41) is 13.4. The van der Waals surface area contributed by atoms with E-state index in [-0.39, 0.29) is 17.3 Å². The Labute approximate surface area is 185 Å². The molecule has 2 aromatic rings. The van der Waals surface area contributed by atoms with Crippen molar-refractivity contribution in [1.82, 2.24) is 10.2 Å². The molecule has 1 saturated heterocycles. The quantitative estimate of drug-likeness (QED) is 0.740. The molecule has 0 aromatic heterocycles. The molecule has 31 heavy (non-hydrogen) atoms. The van der Waals surface area contributed by atoms with Gasteiger partial charge in [-0.2, -0.15) is 0 Å². The van der Waals surface area contributed by atoms with Crippen molar-refractivity contribution in [2.24, 2.45) is 0 Å². The second kappa shape index (κ2) is 10.0. The number of carbonyl (C=O) groups excluding carboxylic acids is 1. The fraction of sp³-hybridized carbons (Fsp3) is 0.423. The molecule has 5 heteroatoms. The number of hydrogen-bond donors (Lipinski definition) is 2. The van der Waals surface area contributed by atoms with Gasteiger partial charge in [-0.25, -0.2) is 0 Å². The van der Waals surface area contributed by atoms with Crippen molar-refractivity contribution in [1.29, 1.82) is 0 Å². The number of ether oxygens (including phenoxy) is 1. The first kappa shape index (κ1) is 22.9. The second-order valence-corrected chi connectivity index (χ2v) is 7.71. The number of amides is 1. The molecule has 5 nitrogen and oxygen atoms in total. The highest BCUT2D eigenvalue weighted by molar-refractivity contribution is 5.95. The van der Waals surface area contributed by atoms with E-state index in [1.54, 1.807) is 12.1 Å². The number of rotatable bonds is 4. The van der Waals surface area contributed by atoms with Crippen molar-refractivity contribution < 1.29 is 14.6 Å². The summed E-state index contributed by atoms with van der Waals surface area (Å²) < 4.78 is 6.40. The van der Waals surface area contributed by atoms with E-state index in [0.717, 1.165) is 48.4 Å². The van der Waals surface area contributed by atoms with Crippen LogP contribution in [0.5, 0.6) is 11.5 Å². The fourth-order valence-corrected chi connectivity index (χ4v) is 4.23. The molecule has 2 aliphatic rings. The number of phenolic OH excluding ortho intramolecular Hbond substituents is 1. The third kappa shape index (κ3) is 4.77. The van der Waals surface area contributed by atoms with Gasteiger partial charge in [0.1, 0.15) is 17.1 Å². The van der Waals surface area contributed by atoms with Crippen molar-refractivity contribution in [3.05, 3.63) is 65.2 Å². The predicted octanol–water partition coefficient (Wildman–Crippen LogP) is 4.85. The second-order valence-electron chi connectivity index (χ2n) is 7.71. The Morgan fingerprint density at radius 3 is 2.32 bits per heavy atom. The van der Waals surface area contributed by atoms with Gasteiger partial charge in [0.2, 0.25) is 0 Å². The van der Waals surface area contributed by atoms with Gasteiger partial charge in [0.25, 0.3) is 5.91 Å². The maximum Gasteiger partial charge on any atom is 0.253 e. The van der Waals surface area contributed by atoms with Crippen LogP contribution in [0.4, 0.5) is 0 Å². The van der Waals surface area contributed by atoms with Crippen molar-refractivity contribution in [2.75, 3.05) is 26.2 Å². The molecule has 2 aromatic carbocycles. The molecule has 0 saturated carbocycles. The lowest BCUT2D eigenvalue weighted by Crippen LogP contribution is -2.46. The number of phenols is 1. The molecule has 2 aliphatic heterocycles. The van der Waals surface area contributed by atoms with E-state index in [4.69, 9.17) is 4.74 Å². The largest absolute Gasteiger partial charge is 0.508 e. The first-order chi connectivity index (χ1) is 15.0. The molecular weight excluding hydrogens is 388 g/mol. The Morgan fingerprint density at radius 1 is 1.06 bits per heavy atom. The Kier molecular flexibility index (Phi) is 7.39. The zero-order chi connectivity index (χ0) is 22.4. The summed E-state index contributed by atoms with van der Waals surface area (Å²) >= 11 is 0. The number of fused-ring (bicyclic) bond motifs is 1. The molecule has 0 radical (unpaired) electrons. The van der Waals surface area contributed by atoms with Crippen LogP contribution in [0, 0.1) is 0 Å². The van der Waals surface area contributed by atoms with Crippen LogP contribution in [-0.2, 0) is 0 Å². The maximum absolute atomic E-state index is 12.6. The monoisotopic (exact) mass is 422 g/mol. The van der Waals surface area contributed by atoms with Crippen molar-refractivity contribution >= 4 is 11.5 Å². The average molecular weight is 423 g/mol. The number of hydrogen-bond acceptors (Lipinski definition) is 4. The smallest absolute Gasteiger partial charge is 0.253 e. The van der Waals surface area contributed by atoms with Crippen molar-refractivity contribution in [2.45, 2.75) is 46.1 Å². The summed E-state index contributed by atoms with van der Waals surface area (Å²) in [6, 6.07) is 13.0. The van der Waals surface area contributed by atoms with Crippen LogP contribution in [0.3, 0.4) is 0 Å². The Bertz CT molecular complexity index is 924. The average Bonchev–Trinajstić information content (AvgIpc) is 2.82. The van der Waals surface area contributed by atoms with Gasteiger partial charge in [-0.3, -0.25) is 4.79 Å². The van der Waals surface area contributed by atoms with Gasteiger partial charge in [0, 0.05) is 37.1 Å². The minimum atomic E-state index is -0.333. The number of benzene rings is 2. The van der Waals surface area contributed by atoms with E-state index in [2.05, 4.69) is 11.4 Å². The summed E-state index contributed by atoms with van der Waals surface area (Å²) in [4.78, 5) is 14.5. The number of aromatic hydroxyl groups is 1. The number of carbonyl (C=O) groups is 1. The zero-order valence-corrected chi connectivity index (χ0v) is 19.1. The van der Waals surface area contributed by atoms with E-state index in [1.165, 1.54) is 0 Å². The topological polar surface area (TPSA) is 61.8 Å². The molecule has 0 unspecified atom stereocenters. The van der Waals surface area contributed by atoms with Crippen molar-refractivity contribution in [3.63, 3.8) is 0 Å². The van der Waals surface area contributed by atoms with Gasteiger partial charge >= 0.3 is 0 Å². The molecule has 2 N–H and O–H groups in total. The fourth-order valence-electron chi connectivity index (χ4n) is 4.23. The van der Waals surface area contributed by atoms with Gasteiger partial charge in [-0.05, 0) is 74.5 Å². The Balaban J connectivity index is 0.00000132. The van der Waals surface area contributed by atoms with Crippen LogP contribution in [-0.4, -0.2) is 47.7 Å². The molecule has 0 aliphatic carbocycles. The molecule has 166 valence electrons. The Hall–Kier alpha value is -2.79. The SMILES string of the molecule is CC.CCN(CC)C(=O)c1ccc(C2=CC3(CCNCC3)Oc3ccc(O)cc32)cc1. The molecule has 1 fully saturated rings.